The number of carbonyl (C=O) groups excluding carboxylic acids is 2. The largest absolute Gasteiger partial charge is 0.392 e. The number of hydrogen-bond acceptors (Lipinski definition) is 6. The first kappa shape index (κ1) is 13.0. The molecule has 0 aromatic heterocycles. The number of aliphatic hydroxyl groups is 1. The third kappa shape index (κ3) is 2.68. The fourth-order valence-electron chi connectivity index (χ4n) is 1.93. The van der Waals surface area contributed by atoms with Crippen molar-refractivity contribution in [2.75, 3.05) is 18.0 Å². The number of non-ortho nitro benzene ring substituents is 1. The summed E-state index contributed by atoms with van der Waals surface area (Å²) in [6.45, 7) is -0.476. The van der Waals surface area contributed by atoms with Crippen LogP contribution >= 0.6 is 0 Å². The number of nitrogens with one attached hydrogen (secondary N) is 1. The Balaban J connectivity index is 2.36. The number of hydrogen-bond donors (Lipinski definition) is 2. The second kappa shape index (κ2) is 5.02. The van der Waals surface area contributed by atoms with Crippen LogP contribution in [0, 0.1) is 10.1 Å². The molecule has 0 unspecified atom stereocenters. The number of nitrogens with zero attached hydrogens (tertiary/aromatic N) is 2. The van der Waals surface area contributed by atoms with Crippen LogP contribution < -0.4 is 10.2 Å². The predicted molar refractivity (Wildman–Crippen MR) is 64.4 cm³/mol. The van der Waals surface area contributed by atoms with Crippen molar-refractivity contribution in [3.05, 3.63) is 33.9 Å². The molecule has 8 heteroatoms. The minimum absolute atomic E-state index is 0.0312. The van der Waals surface area contributed by atoms with E-state index in [1.165, 1.54) is 23.1 Å². The lowest BCUT2D eigenvalue weighted by atomic mass is 10.1. The van der Waals surface area contributed by atoms with E-state index in [0.29, 0.717) is 11.3 Å². The van der Waals surface area contributed by atoms with E-state index in [2.05, 4.69) is 5.32 Å². The van der Waals surface area contributed by atoms with Crippen molar-refractivity contribution in [2.45, 2.75) is 6.61 Å². The maximum absolute atomic E-state index is 11.3. The first-order valence-electron chi connectivity index (χ1n) is 5.47. The van der Waals surface area contributed by atoms with Crippen LogP contribution in [-0.4, -0.2) is 34.9 Å². The van der Waals surface area contributed by atoms with E-state index in [-0.39, 0.29) is 18.8 Å². The van der Waals surface area contributed by atoms with Crippen LogP contribution in [0.15, 0.2) is 18.2 Å². The number of aliphatic hydroxyl groups excluding tert-OH is 1. The van der Waals surface area contributed by atoms with Gasteiger partial charge in [0, 0.05) is 23.4 Å². The van der Waals surface area contributed by atoms with Gasteiger partial charge >= 0.3 is 0 Å². The number of nitro benzene ring substituents is 1. The van der Waals surface area contributed by atoms with Crippen LogP contribution in [0.2, 0.25) is 0 Å². The molecule has 19 heavy (non-hydrogen) atoms. The molecule has 0 aliphatic carbocycles. The van der Waals surface area contributed by atoms with E-state index < -0.39 is 23.3 Å². The molecule has 0 spiro atoms. The molecule has 1 saturated heterocycles. The summed E-state index contributed by atoms with van der Waals surface area (Å²) < 4.78 is 0. The summed E-state index contributed by atoms with van der Waals surface area (Å²) >= 11 is 0. The van der Waals surface area contributed by atoms with Crippen LogP contribution in [-0.2, 0) is 16.2 Å². The summed E-state index contributed by atoms with van der Waals surface area (Å²) in [7, 11) is 0. The van der Waals surface area contributed by atoms with E-state index in [9.17, 15) is 24.8 Å². The van der Waals surface area contributed by atoms with Gasteiger partial charge in [-0.1, -0.05) is 0 Å². The van der Waals surface area contributed by atoms with E-state index in [1.807, 2.05) is 0 Å². The van der Waals surface area contributed by atoms with Crippen molar-refractivity contribution in [1.29, 1.82) is 0 Å². The lowest BCUT2D eigenvalue weighted by Gasteiger charge is -2.28. The molecule has 1 aliphatic rings. The lowest BCUT2D eigenvalue weighted by molar-refractivity contribution is -0.384. The zero-order chi connectivity index (χ0) is 14.0. The van der Waals surface area contributed by atoms with Gasteiger partial charge < -0.3 is 10.0 Å². The molecule has 1 aromatic rings. The zero-order valence-corrected chi connectivity index (χ0v) is 9.83. The van der Waals surface area contributed by atoms with Crippen molar-refractivity contribution in [3.8, 4) is 0 Å². The molecule has 2 amide bonds. The molecule has 1 fully saturated rings. The number of rotatable bonds is 3. The fraction of sp³-hybridized carbons (Fsp3) is 0.273. The summed E-state index contributed by atoms with van der Waals surface area (Å²) in [4.78, 5) is 34.1. The van der Waals surface area contributed by atoms with Crippen molar-refractivity contribution in [3.63, 3.8) is 0 Å². The molecule has 1 heterocycles. The van der Waals surface area contributed by atoms with E-state index >= 15 is 0 Å². The van der Waals surface area contributed by atoms with Gasteiger partial charge in [0.25, 0.3) is 5.69 Å². The Kier molecular flexibility index (Phi) is 3.43. The van der Waals surface area contributed by atoms with E-state index in [0.717, 1.165) is 0 Å². The smallest absolute Gasteiger partial charge is 0.269 e. The summed E-state index contributed by atoms with van der Waals surface area (Å²) in [5.74, 6) is -0.892. The second-order valence-corrected chi connectivity index (χ2v) is 4.06. The van der Waals surface area contributed by atoms with Crippen molar-refractivity contribution < 1.29 is 19.6 Å². The van der Waals surface area contributed by atoms with Crippen molar-refractivity contribution in [1.82, 2.24) is 5.32 Å². The molecule has 0 saturated carbocycles. The van der Waals surface area contributed by atoms with Gasteiger partial charge in [0.2, 0.25) is 11.8 Å². The Morgan fingerprint density at radius 3 is 2.47 bits per heavy atom. The van der Waals surface area contributed by atoms with Gasteiger partial charge in [-0.05, 0) is 6.07 Å². The Hall–Kier alpha value is -2.48. The normalized spacial score (nSPS) is 15.3. The molecule has 0 atom stereocenters. The average molecular weight is 265 g/mol. The number of benzene rings is 1. The number of piperazine rings is 1. The number of imide groups is 1. The van der Waals surface area contributed by atoms with Gasteiger partial charge in [0.1, 0.15) is 0 Å². The van der Waals surface area contributed by atoms with Crippen molar-refractivity contribution >= 4 is 23.2 Å². The van der Waals surface area contributed by atoms with E-state index in [4.69, 9.17) is 0 Å². The number of anilines is 1. The van der Waals surface area contributed by atoms with Gasteiger partial charge in [-0.15, -0.1) is 0 Å². The highest BCUT2D eigenvalue weighted by atomic mass is 16.6. The third-order valence-corrected chi connectivity index (χ3v) is 2.73. The van der Waals surface area contributed by atoms with Crippen LogP contribution in [0.25, 0.3) is 0 Å². The molecule has 0 radical (unpaired) electrons. The Morgan fingerprint density at radius 2 is 1.95 bits per heavy atom. The topological polar surface area (TPSA) is 113 Å². The number of carbonyl (C=O) groups is 2. The summed E-state index contributed by atoms with van der Waals surface area (Å²) in [6.07, 6.45) is 0. The Bertz CT molecular complexity index is 541. The maximum atomic E-state index is 11.3. The first-order valence-corrected chi connectivity index (χ1v) is 5.47. The van der Waals surface area contributed by atoms with Crippen LogP contribution in [0.5, 0.6) is 0 Å². The number of nitro groups is 1. The highest BCUT2D eigenvalue weighted by Crippen LogP contribution is 2.26. The third-order valence-electron chi connectivity index (χ3n) is 2.73. The first-order chi connectivity index (χ1) is 9.01. The molecule has 8 nitrogen and oxygen atoms in total. The molecule has 100 valence electrons. The van der Waals surface area contributed by atoms with Gasteiger partial charge in [-0.25, -0.2) is 0 Å². The Morgan fingerprint density at radius 1 is 1.32 bits per heavy atom. The monoisotopic (exact) mass is 265 g/mol. The molecule has 2 rings (SSSR count). The molecule has 0 bridgehead atoms. The zero-order valence-electron chi connectivity index (χ0n) is 9.83. The highest BCUT2D eigenvalue weighted by Gasteiger charge is 2.25. The van der Waals surface area contributed by atoms with Gasteiger partial charge in [-0.3, -0.25) is 25.0 Å². The molecular weight excluding hydrogens is 254 g/mol. The summed E-state index contributed by atoms with van der Waals surface area (Å²) in [5, 5.41) is 22.1. The van der Waals surface area contributed by atoms with Gasteiger partial charge in [0.05, 0.1) is 24.6 Å². The summed E-state index contributed by atoms with van der Waals surface area (Å²) in [5.41, 5.74) is 0.591. The van der Waals surface area contributed by atoms with Crippen LogP contribution in [0.4, 0.5) is 11.4 Å². The maximum Gasteiger partial charge on any atom is 0.269 e. The van der Waals surface area contributed by atoms with Crippen LogP contribution in [0.3, 0.4) is 0 Å². The Labute approximate surface area is 107 Å². The second-order valence-electron chi connectivity index (χ2n) is 4.06. The minimum Gasteiger partial charge on any atom is -0.392 e. The molecule has 2 N–H and O–H groups in total. The average Bonchev–Trinajstić information content (AvgIpc) is 2.36. The van der Waals surface area contributed by atoms with Gasteiger partial charge in [-0.2, -0.15) is 0 Å². The highest BCUT2D eigenvalue weighted by molar-refractivity contribution is 6.02. The van der Waals surface area contributed by atoms with E-state index in [1.54, 1.807) is 0 Å². The molecule has 1 aromatic carbocycles. The quantitative estimate of drug-likeness (QED) is 0.435. The standard InChI is InChI=1S/C11H11N3O5/c15-6-7-3-8(14(18)19)1-2-9(7)13-4-10(16)12-11(17)5-13/h1-3,15H,4-6H2,(H,12,16,17). The van der Waals surface area contributed by atoms with Crippen molar-refractivity contribution in [2.24, 2.45) is 0 Å². The van der Waals surface area contributed by atoms with Gasteiger partial charge in [0.15, 0.2) is 0 Å². The molecule has 1 aliphatic heterocycles. The SMILES string of the molecule is O=C1CN(c2ccc([N+](=O)[O-])cc2CO)CC(=O)N1. The van der Waals surface area contributed by atoms with Crippen LogP contribution in [0.1, 0.15) is 5.56 Å². The minimum atomic E-state index is -0.572. The predicted octanol–water partition coefficient (Wildman–Crippen LogP) is -0.450. The fourth-order valence-corrected chi connectivity index (χ4v) is 1.93. The lowest BCUT2D eigenvalue weighted by Crippen LogP contribution is -2.51. The number of amides is 2. The molecular formula is C11H11N3O5. The summed E-state index contributed by atoms with van der Waals surface area (Å²) in [6, 6.07) is 3.92.